The summed E-state index contributed by atoms with van der Waals surface area (Å²) in [7, 11) is -3.33. The molecule has 1 aromatic rings. The van der Waals surface area contributed by atoms with E-state index < -0.39 is 9.84 Å². The average Bonchev–Trinajstić information content (AvgIpc) is 2.28. The van der Waals surface area contributed by atoms with E-state index >= 15 is 0 Å². The number of nitrogens with one attached hydrogen (secondary N) is 1. The number of hydrogen-bond donors (Lipinski definition) is 2. The van der Waals surface area contributed by atoms with E-state index in [0.717, 1.165) is 6.26 Å². The van der Waals surface area contributed by atoms with Gasteiger partial charge in [-0.25, -0.2) is 13.4 Å². The predicted octanol–water partition coefficient (Wildman–Crippen LogP) is 0.654. The van der Waals surface area contributed by atoms with Crippen LogP contribution in [0.4, 0.5) is 5.69 Å². The predicted molar refractivity (Wildman–Crippen MR) is 73.4 cm³/mol. The standard InChI is InChI=1S/C12H19N3O3S/c1-8(2)10(6-13)12(16)15-9-4-5-11(14-7-9)19(3,17)18/h4-5,7-8,10H,6,13H2,1-3H3,(H,15,16). The van der Waals surface area contributed by atoms with Gasteiger partial charge in [0.25, 0.3) is 0 Å². The summed E-state index contributed by atoms with van der Waals surface area (Å²) in [6, 6.07) is 2.87. The van der Waals surface area contributed by atoms with Crippen LogP contribution in [0.1, 0.15) is 13.8 Å². The van der Waals surface area contributed by atoms with Gasteiger partial charge in [0.05, 0.1) is 17.8 Å². The van der Waals surface area contributed by atoms with Crippen molar-refractivity contribution in [1.29, 1.82) is 0 Å². The fourth-order valence-electron chi connectivity index (χ4n) is 1.59. The Morgan fingerprint density at radius 3 is 2.42 bits per heavy atom. The molecule has 6 nitrogen and oxygen atoms in total. The summed E-state index contributed by atoms with van der Waals surface area (Å²) in [4.78, 5) is 15.7. The number of sulfone groups is 1. The van der Waals surface area contributed by atoms with Gasteiger partial charge in [-0.3, -0.25) is 4.79 Å². The molecule has 0 spiro atoms. The molecule has 0 aliphatic carbocycles. The van der Waals surface area contributed by atoms with Crippen molar-refractivity contribution < 1.29 is 13.2 Å². The molecule has 106 valence electrons. The van der Waals surface area contributed by atoms with Crippen molar-refractivity contribution in [2.75, 3.05) is 18.1 Å². The topological polar surface area (TPSA) is 102 Å². The first-order valence-electron chi connectivity index (χ1n) is 5.92. The van der Waals surface area contributed by atoms with Gasteiger partial charge >= 0.3 is 0 Å². The Labute approximate surface area is 113 Å². The van der Waals surface area contributed by atoms with E-state index in [0.29, 0.717) is 5.69 Å². The van der Waals surface area contributed by atoms with Crippen LogP contribution in [-0.2, 0) is 14.6 Å². The molecule has 0 aromatic carbocycles. The molecule has 1 aromatic heterocycles. The van der Waals surface area contributed by atoms with E-state index in [2.05, 4.69) is 10.3 Å². The Morgan fingerprint density at radius 2 is 2.05 bits per heavy atom. The molecule has 0 radical (unpaired) electrons. The molecule has 0 aliphatic heterocycles. The maximum atomic E-state index is 11.9. The lowest BCUT2D eigenvalue weighted by Gasteiger charge is -2.18. The number of anilines is 1. The van der Waals surface area contributed by atoms with Crippen molar-refractivity contribution in [3.8, 4) is 0 Å². The maximum Gasteiger partial charge on any atom is 0.229 e. The first-order chi connectivity index (χ1) is 8.75. The van der Waals surface area contributed by atoms with Crippen molar-refractivity contribution in [3.05, 3.63) is 18.3 Å². The van der Waals surface area contributed by atoms with Crippen molar-refractivity contribution in [2.24, 2.45) is 17.6 Å². The van der Waals surface area contributed by atoms with Gasteiger partial charge in [-0.15, -0.1) is 0 Å². The Bertz CT molecular complexity index is 538. The van der Waals surface area contributed by atoms with Gasteiger partial charge < -0.3 is 11.1 Å². The third-order valence-electron chi connectivity index (χ3n) is 2.78. The molecular formula is C12H19N3O3S. The van der Waals surface area contributed by atoms with E-state index in [1.54, 1.807) is 0 Å². The second kappa shape index (κ2) is 6.12. The molecule has 7 heteroatoms. The average molecular weight is 285 g/mol. The quantitative estimate of drug-likeness (QED) is 0.827. The third kappa shape index (κ3) is 4.29. The monoisotopic (exact) mass is 285 g/mol. The first-order valence-corrected chi connectivity index (χ1v) is 7.82. The van der Waals surface area contributed by atoms with Crippen LogP contribution in [0, 0.1) is 11.8 Å². The van der Waals surface area contributed by atoms with Crippen molar-refractivity contribution in [2.45, 2.75) is 18.9 Å². The van der Waals surface area contributed by atoms with Crippen LogP contribution in [0.2, 0.25) is 0 Å². The van der Waals surface area contributed by atoms with Crippen LogP contribution < -0.4 is 11.1 Å². The summed E-state index contributed by atoms with van der Waals surface area (Å²) in [6.07, 6.45) is 2.40. The molecule has 1 amide bonds. The highest BCUT2D eigenvalue weighted by Crippen LogP contribution is 2.14. The van der Waals surface area contributed by atoms with Crippen LogP contribution in [0.25, 0.3) is 0 Å². The van der Waals surface area contributed by atoms with Crippen LogP contribution in [0.15, 0.2) is 23.4 Å². The molecular weight excluding hydrogens is 266 g/mol. The zero-order valence-electron chi connectivity index (χ0n) is 11.3. The number of carbonyl (C=O) groups excluding carboxylic acids is 1. The SMILES string of the molecule is CC(C)C(CN)C(=O)Nc1ccc(S(C)(=O)=O)nc1. The Kier molecular flexibility index (Phi) is 5.02. The summed E-state index contributed by atoms with van der Waals surface area (Å²) in [5, 5.41) is 2.65. The number of pyridine rings is 1. The number of amides is 1. The molecule has 1 unspecified atom stereocenters. The van der Waals surface area contributed by atoms with Crippen molar-refractivity contribution >= 4 is 21.4 Å². The van der Waals surface area contributed by atoms with E-state index in [4.69, 9.17) is 5.73 Å². The Balaban J connectivity index is 2.81. The molecule has 0 fully saturated rings. The molecule has 0 saturated heterocycles. The number of hydrogen-bond acceptors (Lipinski definition) is 5. The molecule has 1 rings (SSSR count). The summed E-state index contributed by atoms with van der Waals surface area (Å²) >= 11 is 0. The minimum atomic E-state index is -3.33. The minimum Gasteiger partial charge on any atom is -0.330 e. The molecule has 19 heavy (non-hydrogen) atoms. The van der Waals surface area contributed by atoms with E-state index in [9.17, 15) is 13.2 Å². The highest BCUT2D eigenvalue weighted by atomic mass is 32.2. The zero-order valence-corrected chi connectivity index (χ0v) is 12.1. The second-order valence-corrected chi connectivity index (χ2v) is 6.70. The van der Waals surface area contributed by atoms with Gasteiger partial charge in [-0.05, 0) is 18.1 Å². The highest BCUT2D eigenvalue weighted by molar-refractivity contribution is 7.90. The van der Waals surface area contributed by atoms with Gasteiger partial charge in [0.2, 0.25) is 5.91 Å². The lowest BCUT2D eigenvalue weighted by Crippen LogP contribution is -2.33. The van der Waals surface area contributed by atoms with Gasteiger partial charge in [0, 0.05) is 12.8 Å². The maximum absolute atomic E-state index is 11.9. The molecule has 0 aliphatic rings. The molecule has 0 saturated carbocycles. The summed E-state index contributed by atoms with van der Waals surface area (Å²) in [6.45, 7) is 4.10. The third-order valence-corrected chi connectivity index (χ3v) is 3.78. The van der Waals surface area contributed by atoms with Crippen molar-refractivity contribution in [3.63, 3.8) is 0 Å². The molecule has 1 heterocycles. The fourth-order valence-corrected chi connectivity index (χ4v) is 2.15. The van der Waals surface area contributed by atoms with Crippen LogP contribution in [0.3, 0.4) is 0 Å². The van der Waals surface area contributed by atoms with E-state index in [-0.39, 0.29) is 29.3 Å². The van der Waals surface area contributed by atoms with Crippen LogP contribution in [-0.4, -0.2) is 32.1 Å². The van der Waals surface area contributed by atoms with Gasteiger partial charge in [-0.2, -0.15) is 0 Å². The van der Waals surface area contributed by atoms with Gasteiger partial charge in [-0.1, -0.05) is 13.8 Å². The number of rotatable bonds is 5. The van der Waals surface area contributed by atoms with Crippen LogP contribution >= 0.6 is 0 Å². The van der Waals surface area contributed by atoms with E-state index in [1.165, 1.54) is 18.3 Å². The highest BCUT2D eigenvalue weighted by Gasteiger charge is 2.20. The Hall–Kier alpha value is -1.47. The smallest absolute Gasteiger partial charge is 0.229 e. The second-order valence-electron chi connectivity index (χ2n) is 4.73. The first kappa shape index (κ1) is 15.6. The summed E-state index contributed by atoms with van der Waals surface area (Å²) in [5.74, 6) is -0.339. The minimum absolute atomic E-state index is 0.0234. The van der Waals surface area contributed by atoms with Crippen LogP contribution in [0.5, 0.6) is 0 Å². The molecule has 0 bridgehead atoms. The zero-order chi connectivity index (χ0) is 14.6. The van der Waals surface area contributed by atoms with E-state index in [1.807, 2.05) is 13.8 Å². The number of nitrogens with zero attached hydrogens (tertiary/aromatic N) is 1. The summed E-state index contributed by atoms with van der Waals surface area (Å²) < 4.78 is 22.5. The number of nitrogens with two attached hydrogens (primary N) is 1. The van der Waals surface area contributed by atoms with Gasteiger partial charge in [0.1, 0.15) is 0 Å². The summed E-state index contributed by atoms with van der Waals surface area (Å²) in [5.41, 5.74) is 6.01. The largest absolute Gasteiger partial charge is 0.330 e. The lowest BCUT2D eigenvalue weighted by atomic mass is 9.95. The van der Waals surface area contributed by atoms with Gasteiger partial charge in [0.15, 0.2) is 14.9 Å². The number of carbonyl (C=O) groups is 1. The Morgan fingerprint density at radius 1 is 1.42 bits per heavy atom. The number of aromatic nitrogens is 1. The van der Waals surface area contributed by atoms with Crippen molar-refractivity contribution in [1.82, 2.24) is 4.98 Å². The normalized spacial score (nSPS) is 13.3. The molecule has 1 atom stereocenters. The molecule has 3 N–H and O–H groups in total. The lowest BCUT2D eigenvalue weighted by molar-refractivity contribution is -0.120. The fraction of sp³-hybridized carbons (Fsp3) is 0.500.